The molecule has 0 radical (unpaired) electrons. The fraction of sp³-hybridized carbons (Fsp3) is 0.429. The largest absolute Gasteiger partial charge is 0.368 e. The molecule has 0 bridgehead atoms. The van der Waals surface area contributed by atoms with Crippen molar-refractivity contribution in [2.75, 3.05) is 0 Å². The summed E-state index contributed by atoms with van der Waals surface area (Å²) in [5.74, 6) is -1.03. The normalized spacial score (nSPS) is 24.1. The van der Waals surface area contributed by atoms with Crippen LogP contribution in [0.15, 0.2) is 30.3 Å². The summed E-state index contributed by atoms with van der Waals surface area (Å²) < 4.78 is 68.8. The molecule has 0 heterocycles. The first-order valence-electron chi connectivity index (χ1n) is 9.61. The predicted molar refractivity (Wildman–Crippen MR) is 70.4 cm³/mol. The lowest BCUT2D eigenvalue weighted by molar-refractivity contribution is -0.120. The molecule has 0 aliphatic carbocycles. The molecule has 96 valence electrons. The van der Waals surface area contributed by atoms with Crippen LogP contribution in [-0.4, -0.2) is 11.9 Å². The zero-order valence-electron chi connectivity index (χ0n) is 18.5. The van der Waals surface area contributed by atoms with Crippen molar-refractivity contribution in [2.24, 2.45) is 11.1 Å². The Labute approximate surface area is 120 Å². The molecule has 0 saturated carbocycles. The number of nitrogens with zero attached hydrogens (tertiary/aromatic N) is 1. The molecule has 0 aromatic heterocycles. The number of nitrogens with two attached hydrogens (primary N) is 1. The Bertz CT molecular complexity index is 668. The molecular formula is C14H19N3O. The topological polar surface area (TPSA) is 78.9 Å². The molecule has 18 heavy (non-hydrogen) atoms. The van der Waals surface area contributed by atoms with Crippen LogP contribution in [0.25, 0.3) is 0 Å². The van der Waals surface area contributed by atoms with Gasteiger partial charge in [-0.3, -0.25) is 10.1 Å². The molecule has 4 heteroatoms. The van der Waals surface area contributed by atoms with Gasteiger partial charge in [0, 0.05) is 12.3 Å². The molecule has 1 amide bonds. The minimum Gasteiger partial charge on any atom is -0.368 e. The van der Waals surface area contributed by atoms with Crippen LogP contribution in [0, 0.1) is 16.7 Å². The van der Waals surface area contributed by atoms with Crippen LogP contribution in [-0.2, 0) is 4.79 Å². The minimum absolute atomic E-state index is 0.223. The summed E-state index contributed by atoms with van der Waals surface area (Å²) in [5.41, 5.74) is 2.08. The second-order valence-electron chi connectivity index (χ2n) is 3.78. The number of carbonyl (C=O) groups is 1. The number of benzene rings is 1. The van der Waals surface area contributed by atoms with Gasteiger partial charge < -0.3 is 5.73 Å². The summed E-state index contributed by atoms with van der Waals surface area (Å²) in [6.45, 7) is -10.8. The van der Waals surface area contributed by atoms with E-state index >= 15 is 0 Å². The summed E-state index contributed by atoms with van der Waals surface area (Å²) in [6.07, 6.45) is 0. The SMILES string of the molecule is [2H]C([2H])([2H])C([C@@H](C#N)N[C@@H](C(N)=O)c1ccccc1)(C([2H])([2H])[2H])C([2H])([2H])[2H]. The standard InChI is InChI=1S/C14H19N3O/c1-14(2,3)11(9-15)17-12(13(16)18)10-7-5-4-6-8-10/h4-8,11-12,17H,1-3H3,(H2,16,18)/t11-,12-/m1/s1/i1D3,2D3,3D3. The van der Waals surface area contributed by atoms with Crippen LogP contribution in [0.5, 0.6) is 0 Å². The van der Waals surface area contributed by atoms with Crippen LogP contribution in [0.3, 0.4) is 0 Å². The van der Waals surface area contributed by atoms with Gasteiger partial charge in [0.15, 0.2) is 0 Å². The van der Waals surface area contributed by atoms with E-state index in [1.807, 2.05) is 0 Å². The Hall–Kier alpha value is -1.86. The van der Waals surface area contributed by atoms with E-state index in [0.717, 1.165) is 0 Å². The fourth-order valence-electron chi connectivity index (χ4n) is 1.41. The minimum atomic E-state index is -3.59. The summed E-state index contributed by atoms with van der Waals surface area (Å²) in [4.78, 5) is 11.9. The van der Waals surface area contributed by atoms with Gasteiger partial charge in [-0.25, -0.2) is 0 Å². The van der Waals surface area contributed by atoms with Gasteiger partial charge in [-0.05, 0) is 11.0 Å². The van der Waals surface area contributed by atoms with Gasteiger partial charge in [-0.2, -0.15) is 5.26 Å². The highest BCUT2D eigenvalue weighted by atomic mass is 16.1. The summed E-state index contributed by atoms with van der Waals surface area (Å²) in [6, 6.07) is 5.28. The lowest BCUT2D eigenvalue weighted by atomic mass is 9.86. The molecular weight excluding hydrogens is 226 g/mol. The van der Waals surface area contributed by atoms with Crippen LogP contribution < -0.4 is 11.1 Å². The lowest BCUT2D eigenvalue weighted by Gasteiger charge is -2.29. The fourth-order valence-corrected chi connectivity index (χ4v) is 1.41. The molecule has 0 aliphatic rings. The third-order valence-corrected chi connectivity index (χ3v) is 2.31. The molecule has 0 unspecified atom stereocenters. The maximum absolute atomic E-state index is 11.9. The van der Waals surface area contributed by atoms with Crippen molar-refractivity contribution in [1.82, 2.24) is 5.32 Å². The van der Waals surface area contributed by atoms with Crippen molar-refractivity contribution in [3.05, 3.63) is 35.9 Å². The summed E-state index contributed by atoms with van der Waals surface area (Å²) in [7, 11) is 0. The number of nitrogens with one attached hydrogen (secondary N) is 1. The molecule has 0 fully saturated rings. The van der Waals surface area contributed by atoms with Crippen molar-refractivity contribution < 1.29 is 17.1 Å². The van der Waals surface area contributed by atoms with Gasteiger partial charge in [-0.15, -0.1) is 0 Å². The maximum atomic E-state index is 11.9. The van der Waals surface area contributed by atoms with Gasteiger partial charge in [0.25, 0.3) is 0 Å². The van der Waals surface area contributed by atoms with Crippen molar-refractivity contribution in [2.45, 2.75) is 32.6 Å². The van der Waals surface area contributed by atoms with Gasteiger partial charge in [-0.1, -0.05) is 50.9 Å². The van der Waals surface area contributed by atoms with Crippen molar-refractivity contribution in [3.63, 3.8) is 0 Å². The molecule has 0 aliphatic heterocycles. The molecule has 0 saturated heterocycles. The Kier molecular flexibility index (Phi) is 1.84. The Balaban J connectivity index is 3.64. The summed E-state index contributed by atoms with van der Waals surface area (Å²) >= 11 is 0. The molecule has 2 atom stereocenters. The maximum Gasteiger partial charge on any atom is 0.239 e. The number of hydrogen-bond acceptors (Lipinski definition) is 3. The van der Waals surface area contributed by atoms with E-state index in [0.29, 0.717) is 0 Å². The third kappa shape index (κ3) is 3.57. The summed E-state index contributed by atoms with van der Waals surface area (Å²) in [5, 5.41) is 11.8. The van der Waals surface area contributed by atoms with Crippen LogP contribution in [0.2, 0.25) is 0 Å². The van der Waals surface area contributed by atoms with E-state index in [2.05, 4.69) is 5.32 Å². The molecule has 1 aromatic carbocycles. The van der Waals surface area contributed by atoms with E-state index in [9.17, 15) is 10.1 Å². The Morgan fingerprint density at radius 2 is 2.06 bits per heavy atom. The number of nitriles is 1. The van der Waals surface area contributed by atoms with E-state index in [-0.39, 0.29) is 5.56 Å². The lowest BCUT2D eigenvalue weighted by Crippen LogP contribution is -2.45. The van der Waals surface area contributed by atoms with Crippen LogP contribution in [0.4, 0.5) is 0 Å². The second-order valence-corrected chi connectivity index (χ2v) is 3.78. The van der Waals surface area contributed by atoms with Gasteiger partial charge in [0.1, 0.15) is 12.1 Å². The van der Waals surface area contributed by atoms with Crippen molar-refractivity contribution >= 4 is 5.91 Å². The monoisotopic (exact) mass is 254 g/mol. The zero-order chi connectivity index (χ0) is 21.3. The molecule has 4 nitrogen and oxygen atoms in total. The average molecular weight is 254 g/mol. The molecule has 0 spiro atoms. The van der Waals surface area contributed by atoms with Crippen LogP contribution >= 0.6 is 0 Å². The highest BCUT2D eigenvalue weighted by Gasteiger charge is 2.29. The van der Waals surface area contributed by atoms with E-state index < -0.39 is 44.0 Å². The van der Waals surface area contributed by atoms with E-state index in [4.69, 9.17) is 18.1 Å². The first-order chi connectivity index (χ1) is 12.1. The number of primary amides is 1. The third-order valence-electron chi connectivity index (χ3n) is 2.31. The van der Waals surface area contributed by atoms with E-state index in [1.54, 1.807) is 18.2 Å². The average Bonchev–Trinajstić information content (AvgIpc) is 2.47. The van der Waals surface area contributed by atoms with Crippen molar-refractivity contribution in [1.29, 1.82) is 5.26 Å². The van der Waals surface area contributed by atoms with Gasteiger partial charge in [0.2, 0.25) is 5.91 Å². The smallest absolute Gasteiger partial charge is 0.239 e. The van der Waals surface area contributed by atoms with Crippen molar-refractivity contribution in [3.8, 4) is 6.07 Å². The zero-order valence-corrected chi connectivity index (χ0v) is 9.47. The number of rotatable bonds is 4. The number of hydrogen-bond donors (Lipinski definition) is 2. The second kappa shape index (κ2) is 5.65. The Morgan fingerprint density at radius 1 is 1.44 bits per heavy atom. The predicted octanol–water partition coefficient (Wildman–Crippen LogP) is 1.74. The molecule has 3 N–H and O–H groups in total. The molecule has 1 aromatic rings. The highest BCUT2D eigenvalue weighted by Crippen LogP contribution is 2.22. The Morgan fingerprint density at radius 3 is 2.50 bits per heavy atom. The quantitative estimate of drug-likeness (QED) is 0.859. The van der Waals surface area contributed by atoms with Gasteiger partial charge in [0.05, 0.1) is 6.07 Å². The first kappa shape index (κ1) is 5.85. The van der Waals surface area contributed by atoms with Crippen LogP contribution in [0.1, 0.15) is 44.5 Å². The van der Waals surface area contributed by atoms with Gasteiger partial charge >= 0.3 is 0 Å². The number of amides is 1. The molecule has 1 rings (SSSR count). The number of carbonyl (C=O) groups excluding carboxylic acids is 1. The first-order valence-corrected chi connectivity index (χ1v) is 5.11. The highest BCUT2D eigenvalue weighted by molar-refractivity contribution is 5.81. The van der Waals surface area contributed by atoms with E-state index in [1.165, 1.54) is 18.2 Å².